The zero-order chi connectivity index (χ0) is 30.3. The van der Waals surface area contributed by atoms with Crippen LogP contribution in [-0.4, -0.2) is 77.6 Å². The van der Waals surface area contributed by atoms with Gasteiger partial charge in [-0.25, -0.2) is 4.39 Å². The minimum atomic E-state index is -4.81. The fraction of sp³-hybridized carbons (Fsp3) is 0.552. The van der Waals surface area contributed by atoms with E-state index in [1.54, 1.807) is 4.90 Å². The largest absolute Gasteiger partial charge is 0.462 e. The summed E-state index contributed by atoms with van der Waals surface area (Å²) in [4.78, 5) is 27.5. The number of anilines is 2. The Balaban J connectivity index is 1.51. The Morgan fingerprint density at radius 1 is 1.29 bits per heavy atom. The van der Waals surface area contributed by atoms with Crippen LogP contribution < -0.4 is 15.4 Å². The molecule has 0 unspecified atom stereocenters. The number of nitrogens with zero attached hydrogens (tertiary/aromatic N) is 5. The summed E-state index contributed by atoms with van der Waals surface area (Å²) in [6, 6.07) is 1.13. The molecule has 0 bridgehead atoms. The molecule has 9 nitrogen and oxygen atoms in total. The van der Waals surface area contributed by atoms with E-state index < -0.39 is 29.2 Å². The van der Waals surface area contributed by atoms with E-state index >= 15 is 4.39 Å². The number of carbonyl (C=O) groups is 1. The molecule has 2 aromatic rings. The summed E-state index contributed by atoms with van der Waals surface area (Å²) in [6.45, 7) is 9.28. The van der Waals surface area contributed by atoms with Crippen molar-refractivity contribution in [3.63, 3.8) is 0 Å². The van der Waals surface area contributed by atoms with Gasteiger partial charge in [0.15, 0.2) is 5.82 Å². The Bertz CT molecular complexity index is 1370. The van der Waals surface area contributed by atoms with Crippen LogP contribution in [-0.2, 0) is 28.7 Å². The minimum absolute atomic E-state index is 0.0993. The number of likely N-dealkylation sites (N-methyl/N-ethyl adjacent to an activating group) is 1. The lowest BCUT2D eigenvalue weighted by Crippen LogP contribution is -2.54. The lowest BCUT2D eigenvalue weighted by Gasteiger charge is -2.41. The van der Waals surface area contributed by atoms with Crippen LogP contribution in [0.3, 0.4) is 0 Å². The fourth-order valence-corrected chi connectivity index (χ4v) is 6.22. The first kappa shape index (κ1) is 30.0. The highest BCUT2D eigenvalue weighted by Crippen LogP contribution is 2.44. The number of amides is 1. The molecule has 2 N–H and O–H groups in total. The first-order valence-corrected chi connectivity index (χ1v) is 14.1. The number of fused-ring (bicyclic) bond motifs is 1. The van der Waals surface area contributed by atoms with Crippen LogP contribution in [0.1, 0.15) is 53.8 Å². The number of benzene rings is 1. The molecule has 5 rings (SSSR count). The van der Waals surface area contributed by atoms with Gasteiger partial charge in [0.05, 0.1) is 29.7 Å². The summed E-state index contributed by atoms with van der Waals surface area (Å²) in [6.07, 6.45) is -2.90. The normalized spacial score (nSPS) is 23.2. The van der Waals surface area contributed by atoms with Crippen molar-refractivity contribution in [2.24, 2.45) is 0 Å². The van der Waals surface area contributed by atoms with Crippen LogP contribution in [0, 0.1) is 12.7 Å². The number of halogens is 4. The van der Waals surface area contributed by atoms with Crippen LogP contribution in [0.25, 0.3) is 0 Å². The van der Waals surface area contributed by atoms with E-state index in [1.165, 1.54) is 13.0 Å². The zero-order valence-corrected chi connectivity index (χ0v) is 24.0. The number of rotatable bonds is 6. The third-order valence-corrected chi connectivity index (χ3v) is 8.45. The third-order valence-electron chi connectivity index (χ3n) is 8.45. The molecule has 1 aromatic carbocycles. The Morgan fingerprint density at radius 3 is 2.69 bits per heavy atom. The topological polar surface area (TPSA) is 97.0 Å². The molecule has 13 heteroatoms. The number of aromatic nitrogens is 2. The zero-order valence-electron chi connectivity index (χ0n) is 24.0. The molecule has 3 atom stereocenters. The second-order valence-electron chi connectivity index (χ2n) is 11.3. The lowest BCUT2D eigenvalue weighted by molar-refractivity contribution is -0.140. The molecule has 3 aliphatic heterocycles. The Labute approximate surface area is 242 Å². The van der Waals surface area contributed by atoms with Gasteiger partial charge in [0, 0.05) is 49.3 Å². The summed E-state index contributed by atoms with van der Waals surface area (Å²) in [5.74, 6) is -0.776. The van der Waals surface area contributed by atoms with Gasteiger partial charge in [-0.2, -0.15) is 23.1 Å². The smallest absolute Gasteiger partial charge is 0.417 e. The summed E-state index contributed by atoms with van der Waals surface area (Å²) in [7, 11) is 2.02. The minimum Gasteiger partial charge on any atom is -0.462 e. The van der Waals surface area contributed by atoms with Gasteiger partial charge < -0.3 is 29.9 Å². The fourth-order valence-electron chi connectivity index (χ4n) is 6.22. The standard InChI is InChI=1S/C29H36F4N6O3/c1-5-23(40)39-10-9-38(13-17(39)3)27-19-15-41-22(24-25(29(31,32)33)16(2)11-20(34)26(24)30)12-21(19)35-28(36-27)42-14-18-7-6-8-37(18)4/h5,11,17-18,22H,1,6-10,12-15,34H2,2-4H3/t17-,18-,22+/m0/s1. The lowest BCUT2D eigenvalue weighted by atomic mass is 9.91. The van der Waals surface area contributed by atoms with Crippen molar-refractivity contribution < 1.29 is 31.8 Å². The van der Waals surface area contributed by atoms with E-state index in [9.17, 15) is 18.0 Å². The molecule has 0 aliphatic carbocycles. The number of nitrogen functional groups attached to an aromatic ring is 1. The first-order valence-electron chi connectivity index (χ1n) is 14.1. The van der Waals surface area contributed by atoms with Crippen molar-refractivity contribution in [2.75, 3.05) is 50.5 Å². The number of aryl methyl sites for hydroxylation is 1. The van der Waals surface area contributed by atoms with E-state index in [-0.39, 0.29) is 48.3 Å². The first-order chi connectivity index (χ1) is 19.9. The maximum absolute atomic E-state index is 15.3. The van der Waals surface area contributed by atoms with Crippen LogP contribution in [0.15, 0.2) is 18.7 Å². The van der Waals surface area contributed by atoms with E-state index in [2.05, 4.69) is 16.5 Å². The summed E-state index contributed by atoms with van der Waals surface area (Å²) < 4.78 is 69.6. The Hall–Kier alpha value is -3.45. The third kappa shape index (κ3) is 5.76. The number of nitrogens with two attached hydrogens (primary N) is 1. The molecule has 0 spiro atoms. The van der Waals surface area contributed by atoms with Crippen LogP contribution in [0.2, 0.25) is 0 Å². The van der Waals surface area contributed by atoms with E-state index in [4.69, 9.17) is 20.2 Å². The van der Waals surface area contributed by atoms with Crippen molar-refractivity contribution in [1.29, 1.82) is 0 Å². The molecular formula is C29H36F4N6O3. The van der Waals surface area contributed by atoms with Crippen molar-refractivity contribution >= 4 is 17.4 Å². The SMILES string of the molecule is C=CC(=O)N1CCN(c2nc(OC[C@@H]3CCCN3C)nc3c2CO[C@@H](c2c(F)c(N)cc(C)c2C(F)(F)F)C3)C[C@@H]1C. The van der Waals surface area contributed by atoms with Gasteiger partial charge in [-0.15, -0.1) is 0 Å². The number of alkyl halides is 3. The van der Waals surface area contributed by atoms with Gasteiger partial charge >= 0.3 is 12.2 Å². The van der Waals surface area contributed by atoms with Crippen LogP contribution in [0.4, 0.5) is 29.1 Å². The van der Waals surface area contributed by atoms with Gasteiger partial charge in [0.1, 0.15) is 12.4 Å². The van der Waals surface area contributed by atoms with Gasteiger partial charge in [0.25, 0.3) is 0 Å². The molecule has 4 heterocycles. The number of hydrogen-bond donors (Lipinski definition) is 1. The molecule has 0 radical (unpaired) electrons. The average molecular weight is 593 g/mol. The van der Waals surface area contributed by atoms with Gasteiger partial charge in [-0.05, 0) is 58.0 Å². The maximum Gasteiger partial charge on any atom is 0.417 e. The Morgan fingerprint density at radius 2 is 2.05 bits per heavy atom. The summed E-state index contributed by atoms with van der Waals surface area (Å²) in [5, 5.41) is 0. The number of hydrogen-bond acceptors (Lipinski definition) is 8. The molecular weight excluding hydrogens is 556 g/mol. The highest BCUT2D eigenvalue weighted by molar-refractivity contribution is 5.87. The van der Waals surface area contributed by atoms with Crippen molar-refractivity contribution in [2.45, 2.75) is 64.1 Å². The number of likely N-dealkylation sites (tertiary alicyclic amines) is 1. The van der Waals surface area contributed by atoms with Crippen LogP contribution >= 0.6 is 0 Å². The van der Waals surface area contributed by atoms with E-state index in [0.29, 0.717) is 43.3 Å². The van der Waals surface area contributed by atoms with Gasteiger partial charge in [0.2, 0.25) is 5.91 Å². The van der Waals surface area contributed by atoms with Crippen LogP contribution in [0.5, 0.6) is 6.01 Å². The highest BCUT2D eigenvalue weighted by Gasteiger charge is 2.42. The molecule has 228 valence electrons. The van der Waals surface area contributed by atoms with Gasteiger partial charge in [-0.1, -0.05) is 6.58 Å². The van der Waals surface area contributed by atoms with Crippen molar-refractivity contribution in [1.82, 2.24) is 19.8 Å². The molecule has 2 fully saturated rings. The second kappa shape index (κ2) is 11.7. The highest BCUT2D eigenvalue weighted by atomic mass is 19.4. The monoisotopic (exact) mass is 592 g/mol. The number of piperazine rings is 1. The summed E-state index contributed by atoms with van der Waals surface area (Å²) in [5.41, 5.74) is 4.52. The van der Waals surface area contributed by atoms with Crippen molar-refractivity contribution in [3.05, 3.63) is 52.5 Å². The van der Waals surface area contributed by atoms with E-state index in [0.717, 1.165) is 25.5 Å². The molecule has 42 heavy (non-hydrogen) atoms. The maximum atomic E-state index is 15.3. The number of ether oxygens (including phenoxy) is 2. The van der Waals surface area contributed by atoms with Crippen molar-refractivity contribution in [3.8, 4) is 6.01 Å². The predicted octanol–water partition coefficient (Wildman–Crippen LogP) is 4.04. The predicted molar refractivity (Wildman–Crippen MR) is 149 cm³/mol. The molecule has 0 saturated carbocycles. The molecule has 3 aliphatic rings. The quantitative estimate of drug-likeness (QED) is 0.305. The Kier molecular flexibility index (Phi) is 8.35. The second-order valence-corrected chi connectivity index (χ2v) is 11.3. The van der Waals surface area contributed by atoms with Gasteiger partial charge in [-0.3, -0.25) is 4.79 Å². The average Bonchev–Trinajstić information content (AvgIpc) is 3.36. The molecule has 1 aromatic heterocycles. The molecule has 2 saturated heterocycles. The summed E-state index contributed by atoms with van der Waals surface area (Å²) >= 11 is 0. The van der Waals surface area contributed by atoms with E-state index in [1.807, 2.05) is 18.9 Å². The number of carbonyl (C=O) groups excluding carboxylic acids is 1. The molecule has 1 amide bonds.